The molecule has 0 bridgehead atoms. The van der Waals surface area contributed by atoms with Gasteiger partial charge in [0.25, 0.3) is 0 Å². The molecule has 0 saturated heterocycles. The van der Waals surface area contributed by atoms with E-state index in [1.807, 2.05) is 13.0 Å². The van der Waals surface area contributed by atoms with E-state index in [1.54, 1.807) is 13.0 Å². The second kappa shape index (κ2) is 6.14. The second-order valence-electron chi connectivity index (χ2n) is 3.07. The summed E-state index contributed by atoms with van der Waals surface area (Å²) in [7, 11) is 0. The number of aromatic nitrogens is 1. The quantitative estimate of drug-likeness (QED) is 0.450. The lowest BCUT2D eigenvalue weighted by Gasteiger charge is -1.96. The summed E-state index contributed by atoms with van der Waals surface area (Å²) in [4.78, 5) is 15.1. The normalized spacial score (nSPS) is 9.19. The van der Waals surface area contributed by atoms with Gasteiger partial charge in [-0.15, -0.1) is 0 Å². The molecule has 0 fully saturated rings. The number of ether oxygens (including phenoxy) is 1. The molecule has 0 aliphatic rings. The molecule has 1 aromatic rings. The molecule has 16 heavy (non-hydrogen) atoms. The summed E-state index contributed by atoms with van der Waals surface area (Å²) in [6.07, 6.45) is 0.0675. The van der Waals surface area contributed by atoms with Crippen molar-refractivity contribution in [3.63, 3.8) is 0 Å². The van der Waals surface area contributed by atoms with Gasteiger partial charge in [-0.2, -0.15) is 0 Å². The van der Waals surface area contributed by atoms with Crippen LogP contribution in [-0.4, -0.2) is 17.6 Å². The van der Waals surface area contributed by atoms with Crippen molar-refractivity contribution >= 4 is 17.6 Å². The molecule has 84 valence electrons. The van der Waals surface area contributed by atoms with E-state index in [9.17, 15) is 4.79 Å². The maximum Gasteiger partial charge on any atom is 0.317 e. The van der Waals surface area contributed by atoms with E-state index < -0.39 is 0 Å². The van der Waals surface area contributed by atoms with Gasteiger partial charge in [0.05, 0.1) is 12.2 Å². The molecule has 0 aliphatic heterocycles. The van der Waals surface area contributed by atoms with E-state index in [1.165, 1.54) is 0 Å². The van der Waals surface area contributed by atoms with Gasteiger partial charge in [0.1, 0.15) is 11.6 Å². The fourth-order valence-electron chi connectivity index (χ4n) is 1.04. The van der Waals surface area contributed by atoms with Crippen molar-refractivity contribution in [1.82, 2.24) is 4.98 Å². The Balaban J connectivity index is 2.66. The first kappa shape index (κ1) is 12.5. The Labute approximate surface area is 99.8 Å². The van der Waals surface area contributed by atoms with E-state index in [2.05, 4.69) is 16.8 Å². The largest absolute Gasteiger partial charge is 0.465 e. The second-order valence-corrected chi connectivity index (χ2v) is 3.43. The summed E-state index contributed by atoms with van der Waals surface area (Å²) >= 11 is 5.88. The van der Waals surface area contributed by atoms with Gasteiger partial charge in [-0.25, -0.2) is 4.98 Å². The number of aryl methyl sites for hydroxylation is 1. The molecule has 0 unspecified atom stereocenters. The van der Waals surface area contributed by atoms with Crippen LogP contribution in [0, 0.1) is 18.8 Å². The fraction of sp³-hybridized carbons (Fsp3) is 0.333. The maximum absolute atomic E-state index is 11.0. The lowest BCUT2D eigenvalue weighted by molar-refractivity contribution is -0.141. The van der Waals surface area contributed by atoms with Crippen LogP contribution in [0.25, 0.3) is 0 Å². The zero-order valence-electron chi connectivity index (χ0n) is 9.21. The van der Waals surface area contributed by atoms with Crippen molar-refractivity contribution in [2.45, 2.75) is 20.3 Å². The van der Waals surface area contributed by atoms with E-state index in [0.717, 1.165) is 5.69 Å². The zero-order chi connectivity index (χ0) is 12.0. The first-order valence-electron chi connectivity index (χ1n) is 4.91. The van der Waals surface area contributed by atoms with Crippen molar-refractivity contribution in [2.75, 3.05) is 6.61 Å². The van der Waals surface area contributed by atoms with Crippen molar-refractivity contribution in [1.29, 1.82) is 0 Å². The monoisotopic (exact) mass is 237 g/mol. The Hall–Kier alpha value is -1.53. The van der Waals surface area contributed by atoms with Crippen molar-refractivity contribution in [3.8, 4) is 11.8 Å². The molecule has 1 heterocycles. The van der Waals surface area contributed by atoms with Crippen molar-refractivity contribution < 1.29 is 9.53 Å². The van der Waals surface area contributed by atoms with Crippen LogP contribution in [0.3, 0.4) is 0 Å². The predicted octanol–water partition coefficient (Wildman–Crippen LogP) is 2.35. The van der Waals surface area contributed by atoms with Gasteiger partial charge in [-0.3, -0.25) is 4.79 Å². The molecule has 0 aromatic carbocycles. The molecule has 0 saturated carbocycles. The maximum atomic E-state index is 11.0. The minimum Gasteiger partial charge on any atom is -0.465 e. The number of hydrogen-bond acceptors (Lipinski definition) is 3. The van der Waals surface area contributed by atoms with Crippen molar-refractivity contribution in [3.05, 3.63) is 28.5 Å². The van der Waals surface area contributed by atoms with Crippen LogP contribution in [0.2, 0.25) is 5.15 Å². The van der Waals surface area contributed by atoms with Crippen LogP contribution in [0.15, 0.2) is 12.1 Å². The molecule has 1 aromatic heterocycles. The highest BCUT2D eigenvalue weighted by Gasteiger charge is 1.99. The van der Waals surface area contributed by atoms with Crippen LogP contribution in [0.1, 0.15) is 24.6 Å². The molecule has 1 rings (SSSR count). The van der Waals surface area contributed by atoms with Crippen LogP contribution < -0.4 is 0 Å². The van der Waals surface area contributed by atoms with Crippen molar-refractivity contribution in [2.24, 2.45) is 0 Å². The van der Waals surface area contributed by atoms with Gasteiger partial charge in [0.2, 0.25) is 0 Å². The molecule has 0 aliphatic carbocycles. The standard InChI is InChI=1S/C12H12ClNO2/c1-3-16-11(15)6-4-5-10-8-7-9(2)14-12(10)13/h7-8H,3,6H2,1-2H3. The van der Waals surface area contributed by atoms with E-state index in [0.29, 0.717) is 17.3 Å². The average Bonchev–Trinajstić information content (AvgIpc) is 2.22. The lowest BCUT2D eigenvalue weighted by atomic mass is 10.2. The number of esters is 1. The molecule has 0 N–H and O–H groups in total. The lowest BCUT2D eigenvalue weighted by Crippen LogP contribution is -2.01. The Morgan fingerprint density at radius 3 is 2.94 bits per heavy atom. The summed E-state index contributed by atoms with van der Waals surface area (Å²) in [5.74, 6) is 5.15. The van der Waals surface area contributed by atoms with Crippen LogP contribution in [-0.2, 0) is 9.53 Å². The van der Waals surface area contributed by atoms with Crippen LogP contribution in [0.5, 0.6) is 0 Å². The number of nitrogens with zero attached hydrogens (tertiary/aromatic N) is 1. The molecular formula is C12H12ClNO2. The first-order chi connectivity index (χ1) is 7.63. The fourth-order valence-corrected chi connectivity index (χ4v) is 1.29. The molecule has 0 spiro atoms. The van der Waals surface area contributed by atoms with Gasteiger partial charge in [0.15, 0.2) is 0 Å². The predicted molar refractivity (Wildman–Crippen MR) is 62.1 cm³/mol. The third kappa shape index (κ3) is 3.92. The SMILES string of the molecule is CCOC(=O)CC#Cc1ccc(C)nc1Cl. The number of halogens is 1. The van der Waals surface area contributed by atoms with Gasteiger partial charge in [-0.05, 0) is 26.0 Å². The van der Waals surface area contributed by atoms with Gasteiger partial charge in [0, 0.05) is 5.69 Å². The number of carbonyl (C=O) groups excluding carboxylic acids is 1. The van der Waals surface area contributed by atoms with Gasteiger partial charge < -0.3 is 4.74 Å². The minimum absolute atomic E-state index is 0.0675. The Morgan fingerprint density at radius 2 is 2.31 bits per heavy atom. The number of carbonyl (C=O) groups is 1. The van der Waals surface area contributed by atoms with E-state index >= 15 is 0 Å². The summed E-state index contributed by atoms with van der Waals surface area (Å²) in [5.41, 5.74) is 1.46. The summed E-state index contributed by atoms with van der Waals surface area (Å²) in [6.45, 7) is 3.97. The Kier molecular flexibility index (Phi) is 4.81. The third-order valence-electron chi connectivity index (χ3n) is 1.75. The Morgan fingerprint density at radius 1 is 1.56 bits per heavy atom. The molecule has 3 nitrogen and oxygen atoms in total. The summed E-state index contributed by atoms with van der Waals surface area (Å²) in [5, 5.41) is 0.358. The minimum atomic E-state index is -0.328. The van der Waals surface area contributed by atoms with E-state index in [4.69, 9.17) is 16.3 Å². The number of rotatable bonds is 2. The summed E-state index contributed by atoms with van der Waals surface area (Å²) in [6, 6.07) is 3.60. The average molecular weight is 238 g/mol. The highest BCUT2D eigenvalue weighted by Crippen LogP contribution is 2.11. The van der Waals surface area contributed by atoms with Gasteiger partial charge >= 0.3 is 5.97 Å². The molecule has 0 amide bonds. The van der Waals surface area contributed by atoms with E-state index in [-0.39, 0.29) is 12.4 Å². The highest BCUT2D eigenvalue weighted by atomic mass is 35.5. The highest BCUT2D eigenvalue weighted by molar-refractivity contribution is 6.30. The molecule has 0 radical (unpaired) electrons. The zero-order valence-corrected chi connectivity index (χ0v) is 9.97. The smallest absolute Gasteiger partial charge is 0.317 e. The molecule has 4 heteroatoms. The number of pyridine rings is 1. The summed E-state index contributed by atoms with van der Waals surface area (Å²) < 4.78 is 4.74. The molecular weight excluding hydrogens is 226 g/mol. The topological polar surface area (TPSA) is 39.2 Å². The van der Waals surface area contributed by atoms with Crippen LogP contribution in [0.4, 0.5) is 0 Å². The van der Waals surface area contributed by atoms with Crippen LogP contribution >= 0.6 is 11.6 Å². The Bertz CT molecular complexity index is 446. The molecule has 0 atom stereocenters. The number of hydrogen-bond donors (Lipinski definition) is 0. The van der Waals surface area contributed by atoms with Gasteiger partial charge in [-0.1, -0.05) is 23.4 Å². The first-order valence-corrected chi connectivity index (χ1v) is 5.29. The third-order valence-corrected chi connectivity index (χ3v) is 2.04.